The first kappa shape index (κ1) is 16.9. The molecule has 0 spiro atoms. The molecule has 0 saturated heterocycles. The van der Waals surface area contributed by atoms with E-state index in [2.05, 4.69) is 17.2 Å². The number of aromatic nitrogens is 1. The first-order valence-corrected chi connectivity index (χ1v) is 8.22. The van der Waals surface area contributed by atoms with Crippen molar-refractivity contribution in [3.05, 3.63) is 59.3 Å². The van der Waals surface area contributed by atoms with Gasteiger partial charge in [0.15, 0.2) is 0 Å². The van der Waals surface area contributed by atoms with Crippen molar-refractivity contribution in [1.82, 2.24) is 10.3 Å². The van der Waals surface area contributed by atoms with Gasteiger partial charge in [0.2, 0.25) is 0 Å². The Morgan fingerprint density at radius 2 is 1.92 bits per heavy atom. The second-order valence-corrected chi connectivity index (χ2v) is 5.92. The molecule has 2 N–H and O–H groups in total. The molecular weight excluding hydrogens is 316 g/mol. The van der Waals surface area contributed by atoms with Crippen molar-refractivity contribution >= 4 is 16.8 Å². The number of fused-ring (bicyclic) bond motifs is 1. The molecule has 0 radical (unpaired) electrons. The molecule has 5 heteroatoms. The van der Waals surface area contributed by atoms with Gasteiger partial charge in [0.05, 0.1) is 13.7 Å². The molecule has 0 unspecified atom stereocenters. The second kappa shape index (κ2) is 7.30. The molecule has 0 aliphatic carbocycles. The SMILES string of the molecule is COc1cccc(OCCNC(=O)c2ccc3[nH]c(C)c(C)c3c2)c1. The average Bonchev–Trinajstić information content (AvgIpc) is 2.92. The first-order chi connectivity index (χ1) is 12.1. The standard InChI is InChI=1S/C20H22N2O3/c1-13-14(2)22-19-8-7-15(11-18(13)19)20(23)21-9-10-25-17-6-4-5-16(12-17)24-3/h4-8,11-12,22H,9-10H2,1-3H3,(H,21,23). The molecule has 1 heterocycles. The Morgan fingerprint density at radius 1 is 1.12 bits per heavy atom. The van der Waals surface area contributed by atoms with Crippen LogP contribution in [0.25, 0.3) is 10.9 Å². The Morgan fingerprint density at radius 3 is 2.72 bits per heavy atom. The van der Waals surface area contributed by atoms with Crippen molar-refractivity contribution in [3.63, 3.8) is 0 Å². The maximum atomic E-state index is 12.3. The van der Waals surface area contributed by atoms with Crippen LogP contribution >= 0.6 is 0 Å². The Labute approximate surface area is 147 Å². The molecule has 25 heavy (non-hydrogen) atoms. The maximum Gasteiger partial charge on any atom is 0.251 e. The average molecular weight is 338 g/mol. The highest BCUT2D eigenvalue weighted by Gasteiger charge is 2.09. The van der Waals surface area contributed by atoms with E-state index in [1.54, 1.807) is 7.11 Å². The third-order valence-electron chi connectivity index (χ3n) is 4.27. The summed E-state index contributed by atoms with van der Waals surface area (Å²) in [6.07, 6.45) is 0. The minimum atomic E-state index is -0.102. The van der Waals surface area contributed by atoms with E-state index in [-0.39, 0.29) is 5.91 Å². The van der Waals surface area contributed by atoms with Gasteiger partial charge in [0, 0.05) is 28.2 Å². The van der Waals surface area contributed by atoms with E-state index in [0.717, 1.165) is 22.3 Å². The molecule has 1 aromatic heterocycles. The summed E-state index contributed by atoms with van der Waals surface area (Å²) in [6.45, 7) is 4.91. The van der Waals surface area contributed by atoms with Crippen LogP contribution in [0, 0.1) is 13.8 Å². The predicted octanol–water partition coefficient (Wildman–Crippen LogP) is 3.60. The van der Waals surface area contributed by atoms with E-state index in [0.29, 0.717) is 24.5 Å². The number of H-pyrrole nitrogens is 1. The van der Waals surface area contributed by atoms with Gasteiger partial charge in [-0.05, 0) is 49.7 Å². The van der Waals surface area contributed by atoms with Gasteiger partial charge < -0.3 is 19.8 Å². The van der Waals surface area contributed by atoms with E-state index in [4.69, 9.17) is 9.47 Å². The molecule has 3 aromatic rings. The number of aryl methyl sites for hydroxylation is 2. The van der Waals surface area contributed by atoms with Gasteiger partial charge in [-0.1, -0.05) is 6.07 Å². The minimum Gasteiger partial charge on any atom is -0.497 e. The lowest BCUT2D eigenvalue weighted by molar-refractivity contribution is 0.0947. The highest BCUT2D eigenvalue weighted by atomic mass is 16.5. The minimum absolute atomic E-state index is 0.102. The summed E-state index contributed by atoms with van der Waals surface area (Å²) >= 11 is 0. The van der Waals surface area contributed by atoms with Crippen molar-refractivity contribution in [2.45, 2.75) is 13.8 Å². The van der Waals surface area contributed by atoms with E-state index in [1.165, 1.54) is 5.56 Å². The number of aromatic amines is 1. The summed E-state index contributed by atoms with van der Waals surface area (Å²) in [6, 6.07) is 13.1. The van der Waals surface area contributed by atoms with Crippen LogP contribution in [0.5, 0.6) is 11.5 Å². The number of carbonyl (C=O) groups is 1. The smallest absolute Gasteiger partial charge is 0.251 e. The summed E-state index contributed by atoms with van der Waals surface area (Å²) in [5.41, 5.74) is 3.99. The van der Waals surface area contributed by atoms with Crippen LogP contribution in [-0.4, -0.2) is 31.2 Å². The molecule has 0 bridgehead atoms. The van der Waals surface area contributed by atoms with Gasteiger partial charge in [-0.3, -0.25) is 4.79 Å². The predicted molar refractivity (Wildman–Crippen MR) is 98.6 cm³/mol. The van der Waals surface area contributed by atoms with Crippen LogP contribution < -0.4 is 14.8 Å². The number of benzene rings is 2. The fourth-order valence-corrected chi connectivity index (χ4v) is 2.73. The van der Waals surface area contributed by atoms with Crippen LogP contribution in [0.15, 0.2) is 42.5 Å². The third kappa shape index (κ3) is 3.76. The number of carbonyl (C=O) groups excluding carboxylic acids is 1. The lowest BCUT2D eigenvalue weighted by Gasteiger charge is -2.09. The number of hydrogen-bond acceptors (Lipinski definition) is 3. The van der Waals surface area contributed by atoms with E-state index in [1.807, 2.05) is 49.4 Å². The zero-order chi connectivity index (χ0) is 17.8. The number of amides is 1. The topological polar surface area (TPSA) is 63.4 Å². The lowest BCUT2D eigenvalue weighted by atomic mass is 10.1. The van der Waals surface area contributed by atoms with E-state index < -0.39 is 0 Å². The van der Waals surface area contributed by atoms with Crippen molar-refractivity contribution in [2.24, 2.45) is 0 Å². The van der Waals surface area contributed by atoms with Gasteiger partial charge in [0.25, 0.3) is 5.91 Å². The van der Waals surface area contributed by atoms with Crippen LogP contribution in [0.3, 0.4) is 0 Å². The number of rotatable bonds is 6. The van der Waals surface area contributed by atoms with E-state index in [9.17, 15) is 4.79 Å². The number of nitrogens with one attached hydrogen (secondary N) is 2. The summed E-state index contributed by atoms with van der Waals surface area (Å²) in [4.78, 5) is 15.6. The van der Waals surface area contributed by atoms with Gasteiger partial charge in [-0.15, -0.1) is 0 Å². The molecule has 1 amide bonds. The second-order valence-electron chi connectivity index (χ2n) is 5.92. The van der Waals surface area contributed by atoms with Gasteiger partial charge >= 0.3 is 0 Å². The lowest BCUT2D eigenvalue weighted by Crippen LogP contribution is -2.28. The quantitative estimate of drug-likeness (QED) is 0.675. The highest BCUT2D eigenvalue weighted by molar-refractivity contribution is 5.99. The summed E-state index contributed by atoms with van der Waals surface area (Å²) in [7, 11) is 1.61. The fraction of sp³-hybridized carbons (Fsp3) is 0.250. The van der Waals surface area contributed by atoms with Gasteiger partial charge in [-0.2, -0.15) is 0 Å². The molecule has 0 atom stereocenters. The molecule has 0 fully saturated rings. The first-order valence-electron chi connectivity index (χ1n) is 8.22. The highest BCUT2D eigenvalue weighted by Crippen LogP contribution is 2.22. The van der Waals surface area contributed by atoms with Crippen molar-refractivity contribution < 1.29 is 14.3 Å². The van der Waals surface area contributed by atoms with Gasteiger partial charge in [0.1, 0.15) is 18.1 Å². The van der Waals surface area contributed by atoms with Crippen LogP contribution in [0.2, 0.25) is 0 Å². The molecule has 5 nitrogen and oxygen atoms in total. The summed E-state index contributed by atoms with van der Waals surface area (Å²) in [5.74, 6) is 1.36. The molecule has 130 valence electrons. The molecule has 3 rings (SSSR count). The maximum absolute atomic E-state index is 12.3. The molecule has 2 aromatic carbocycles. The Balaban J connectivity index is 1.56. The van der Waals surface area contributed by atoms with E-state index >= 15 is 0 Å². The zero-order valence-electron chi connectivity index (χ0n) is 14.7. The van der Waals surface area contributed by atoms with Crippen LogP contribution in [-0.2, 0) is 0 Å². The van der Waals surface area contributed by atoms with Crippen LogP contribution in [0.1, 0.15) is 21.6 Å². The molecule has 0 saturated carbocycles. The van der Waals surface area contributed by atoms with Crippen molar-refractivity contribution in [1.29, 1.82) is 0 Å². The Hall–Kier alpha value is -2.95. The fourth-order valence-electron chi connectivity index (χ4n) is 2.73. The van der Waals surface area contributed by atoms with Crippen molar-refractivity contribution in [2.75, 3.05) is 20.3 Å². The van der Waals surface area contributed by atoms with Gasteiger partial charge in [-0.25, -0.2) is 0 Å². The number of methoxy groups -OCH3 is 1. The third-order valence-corrected chi connectivity index (χ3v) is 4.27. The Bertz CT molecular complexity index is 899. The number of ether oxygens (including phenoxy) is 2. The van der Waals surface area contributed by atoms with Crippen LogP contribution in [0.4, 0.5) is 0 Å². The largest absolute Gasteiger partial charge is 0.497 e. The molecule has 0 aliphatic heterocycles. The molecular formula is C20H22N2O3. The Kier molecular flexibility index (Phi) is 4.93. The van der Waals surface area contributed by atoms with Crippen molar-refractivity contribution in [3.8, 4) is 11.5 Å². The molecule has 0 aliphatic rings. The summed E-state index contributed by atoms with van der Waals surface area (Å²) in [5, 5.41) is 3.96. The number of hydrogen-bond donors (Lipinski definition) is 2. The zero-order valence-corrected chi connectivity index (χ0v) is 14.7. The monoisotopic (exact) mass is 338 g/mol. The summed E-state index contributed by atoms with van der Waals surface area (Å²) < 4.78 is 10.8. The normalized spacial score (nSPS) is 10.7.